The van der Waals surface area contributed by atoms with E-state index in [0.717, 1.165) is 24.0 Å². The molecule has 0 bridgehead atoms. The number of carbonyl (C=O) groups excluding carboxylic acids is 1. The molecule has 0 saturated heterocycles. The Labute approximate surface area is 102 Å². The first kappa shape index (κ1) is 12.1. The summed E-state index contributed by atoms with van der Waals surface area (Å²) in [5, 5.41) is 3.07. The average Bonchev–Trinajstić information content (AvgIpc) is 2.28. The Balaban J connectivity index is 2.35. The predicted molar refractivity (Wildman–Crippen MR) is 67.3 cm³/mol. The van der Waals surface area contributed by atoms with Gasteiger partial charge in [-0.2, -0.15) is 0 Å². The summed E-state index contributed by atoms with van der Waals surface area (Å²) in [6, 6.07) is 6.11. The minimum Gasteiger partial charge on any atom is -0.454 e. The maximum Gasteiger partial charge on any atom is 0.339 e. The van der Waals surface area contributed by atoms with Crippen molar-refractivity contribution in [3.8, 4) is 0 Å². The van der Waals surface area contributed by atoms with Crippen LogP contribution in [0.3, 0.4) is 0 Å². The third kappa shape index (κ3) is 2.34. The highest BCUT2D eigenvalue weighted by atomic mass is 16.6. The quantitative estimate of drug-likeness (QED) is 0.811. The number of hydrogen-bond donors (Lipinski definition) is 1. The predicted octanol–water partition coefficient (Wildman–Crippen LogP) is 1.94. The molecule has 1 aromatic rings. The van der Waals surface area contributed by atoms with Crippen LogP contribution in [0, 0.1) is 0 Å². The Bertz CT molecular complexity index is 442. The molecule has 92 valence electrons. The first-order chi connectivity index (χ1) is 8.08. The van der Waals surface area contributed by atoms with Crippen molar-refractivity contribution < 1.29 is 9.53 Å². The summed E-state index contributed by atoms with van der Waals surface area (Å²) < 4.78 is 5.54. The lowest BCUT2D eigenvalue weighted by molar-refractivity contribution is -0.0140. The molecule has 0 aliphatic carbocycles. The van der Waals surface area contributed by atoms with Crippen LogP contribution in [-0.4, -0.2) is 25.2 Å². The van der Waals surface area contributed by atoms with Gasteiger partial charge in [0, 0.05) is 13.0 Å². The Morgan fingerprint density at radius 3 is 2.88 bits per heavy atom. The molecule has 1 heterocycles. The first-order valence-corrected chi connectivity index (χ1v) is 6.08. The Morgan fingerprint density at radius 1 is 1.47 bits per heavy atom. The van der Waals surface area contributed by atoms with Crippen molar-refractivity contribution in [3.63, 3.8) is 0 Å². The maximum absolute atomic E-state index is 12.0. The number of benzene rings is 1. The van der Waals surface area contributed by atoms with Gasteiger partial charge in [0.15, 0.2) is 0 Å². The fraction of sp³-hybridized carbons (Fsp3) is 0.500. The smallest absolute Gasteiger partial charge is 0.339 e. The number of aryl methyl sites for hydroxylation is 1. The molecule has 1 aliphatic heterocycles. The van der Waals surface area contributed by atoms with Crippen molar-refractivity contribution in [2.75, 3.05) is 13.6 Å². The highest BCUT2D eigenvalue weighted by Gasteiger charge is 2.35. The summed E-state index contributed by atoms with van der Waals surface area (Å²) in [4.78, 5) is 12.0. The third-order valence-corrected chi connectivity index (χ3v) is 3.26. The molecule has 1 atom stereocenters. The second-order valence-electron chi connectivity index (χ2n) is 4.89. The Morgan fingerprint density at radius 2 is 2.24 bits per heavy atom. The molecule has 2 rings (SSSR count). The van der Waals surface area contributed by atoms with Crippen LogP contribution in [0.2, 0.25) is 0 Å². The minimum absolute atomic E-state index is 0.195. The molecule has 0 fully saturated rings. The van der Waals surface area contributed by atoms with E-state index in [4.69, 9.17) is 4.74 Å². The van der Waals surface area contributed by atoms with Crippen LogP contribution >= 0.6 is 0 Å². The number of rotatable bonds is 3. The van der Waals surface area contributed by atoms with Crippen molar-refractivity contribution in [2.24, 2.45) is 0 Å². The first-order valence-electron chi connectivity index (χ1n) is 6.08. The number of nitrogens with one attached hydrogen (secondary N) is 1. The molecule has 17 heavy (non-hydrogen) atoms. The van der Waals surface area contributed by atoms with Crippen LogP contribution in [0.5, 0.6) is 0 Å². The molecular weight excluding hydrogens is 214 g/mol. The molecule has 1 aromatic carbocycles. The van der Waals surface area contributed by atoms with Crippen molar-refractivity contribution in [1.29, 1.82) is 0 Å². The lowest BCUT2D eigenvalue weighted by Crippen LogP contribution is -2.46. The van der Waals surface area contributed by atoms with E-state index < -0.39 is 5.60 Å². The summed E-state index contributed by atoms with van der Waals surface area (Å²) >= 11 is 0. The normalized spacial score (nSPS) is 23.1. The number of fused-ring (bicyclic) bond motifs is 1. The van der Waals surface area contributed by atoms with E-state index in [1.807, 2.05) is 20.0 Å². The van der Waals surface area contributed by atoms with E-state index in [1.165, 1.54) is 5.56 Å². The van der Waals surface area contributed by atoms with Gasteiger partial charge in [-0.05, 0) is 37.6 Å². The van der Waals surface area contributed by atoms with E-state index in [1.54, 1.807) is 0 Å². The van der Waals surface area contributed by atoms with Gasteiger partial charge in [-0.1, -0.05) is 19.1 Å². The van der Waals surface area contributed by atoms with E-state index in [0.29, 0.717) is 6.54 Å². The van der Waals surface area contributed by atoms with Gasteiger partial charge in [0.2, 0.25) is 0 Å². The minimum atomic E-state index is -0.424. The zero-order valence-electron chi connectivity index (χ0n) is 10.7. The average molecular weight is 233 g/mol. The Hall–Kier alpha value is -1.35. The van der Waals surface area contributed by atoms with Crippen molar-refractivity contribution in [1.82, 2.24) is 5.32 Å². The van der Waals surface area contributed by atoms with E-state index in [9.17, 15) is 4.79 Å². The number of ether oxygens (including phenoxy) is 1. The molecule has 3 nitrogen and oxygen atoms in total. The fourth-order valence-corrected chi connectivity index (χ4v) is 2.38. The number of cyclic esters (lactones) is 1. The molecule has 0 spiro atoms. The Kier molecular flexibility index (Phi) is 3.20. The van der Waals surface area contributed by atoms with E-state index in [2.05, 4.69) is 24.4 Å². The van der Waals surface area contributed by atoms with Gasteiger partial charge in [-0.25, -0.2) is 4.79 Å². The van der Waals surface area contributed by atoms with Crippen LogP contribution in [0.4, 0.5) is 0 Å². The monoisotopic (exact) mass is 233 g/mol. The second kappa shape index (κ2) is 4.49. The SMILES string of the molecule is CCc1ccc2c(c1)C(=O)OC(C)(CNC)C2. The van der Waals surface area contributed by atoms with E-state index >= 15 is 0 Å². The van der Waals surface area contributed by atoms with Crippen LogP contribution in [0.25, 0.3) is 0 Å². The lowest BCUT2D eigenvalue weighted by Gasteiger charge is -2.34. The highest BCUT2D eigenvalue weighted by molar-refractivity contribution is 5.92. The summed E-state index contributed by atoms with van der Waals surface area (Å²) in [6.07, 6.45) is 1.72. The molecule has 0 aromatic heterocycles. The highest BCUT2D eigenvalue weighted by Crippen LogP contribution is 2.28. The number of likely N-dealkylation sites (N-methyl/N-ethyl adjacent to an activating group) is 1. The van der Waals surface area contributed by atoms with Gasteiger partial charge >= 0.3 is 5.97 Å². The fourth-order valence-electron chi connectivity index (χ4n) is 2.38. The second-order valence-corrected chi connectivity index (χ2v) is 4.89. The van der Waals surface area contributed by atoms with Crippen molar-refractivity contribution in [2.45, 2.75) is 32.3 Å². The third-order valence-electron chi connectivity index (χ3n) is 3.26. The van der Waals surface area contributed by atoms with Gasteiger partial charge in [-0.3, -0.25) is 0 Å². The number of hydrogen-bond acceptors (Lipinski definition) is 3. The molecule has 0 amide bonds. The van der Waals surface area contributed by atoms with Gasteiger partial charge in [0.05, 0.1) is 5.56 Å². The van der Waals surface area contributed by atoms with Crippen LogP contribution in [-0.2, 0) is 17.6 Å². The topological polar surface area (TPSA) is 38.3 Å². The van der Waals surface area contributed by atoms with Crippen LogP contribution < -0.4 is 5.32 Å². The van der Waals surface area contributed by atoms with E-state index in [-0.39, 0.29) is 5.97 Å². The molecule has 0 saturated carbocycles. The molecule has 0 radical (unpaired) electrons. The summed E-state index contributed by atoms with van der Waals surface area (Å²) in [5.74, 6) is -0.195. The summed E-state index contributed by atoms with van der Waals surface area (Å²) in [5.41, 5.74) is 2.58. The molecule has 1 unspecified atom stereocenters. The number of esters is 1. The zero-order valence-corrected chi connectivity index (χ0v) is 10.7. The summed E-state index contributed by atoms with van der Waals surface area (Å²) in [7, 11) is 1.87. The maximum atomic E-state index is 12.0. The van der Waals surface area contributed by atoms with Crippen LogP contribution in [0.1, 0.15) is 35.3 Å². The lowest BCUT2D eigenvalue weighted by atomic mass is 9.89. The van der Waals surface area contributed by atoms with Gasteiger partial charge < -0.3 is 10.1 Å². The van der Waals surface area contributed by atoms with Crippen molar-refractivity contribution >= 4 is 5.97 Å². The molecular formula is C14H19NO2. The van der Waals surface area contributed by atoms with Crippen LogP contribution in [0.15, 0.2) is 18.2 Å². The summed E-state index contributed by atoms with van der Waals surface area (Å²) in [6.45, 7) is 4.73. The van der Waals surface area contributed by atoms with Gasteiger partial charge in [-0.15, -0.1) is 0 Å². The molecule has 1 N–H and O–H groups in total. The number of carbonyl (C=O) groups is 1. The molecule has 3 heteroatoms. The standard InChI is InChI=1S/C14H19NO2/c1-4-10-5-6-11-8-14(2,9-15-3)17-13(16)12(11)7-10/h5-7,15H,4,8-9H2,1-3H3. The molecule has 1 aliphatic rings. The van der Waals surface area contributed by atoms with Gasteiger partial charge in [0.25, 0.3) is 0 Å². The largest absolute Gasteiger partial charge is 0.454 e. The zero-order chi connectivity index (χ0) is 12.5. The van der Waals surface area contributed by atoms with Gasteiger partial charge in [0.1, 0.15) is 5.60 Å². The van der Waals surface area contributed by atoms with Crippen molar-refractivity contribution in [3.05, 3.63) is 34.9 Å².